The van der Waals surface area contributed by atoms with E-state index in [2.05, 4.69) is 40.7 Å². The summed E-state index contributed by atoms with van der Waals surface area (Å²) >= 11 is 0. The molecular weight excluding hydrogens is 412 g/mol. The van der Waals surface area contributed by atoms with Gasteiger partial charge in [-0.05, 0) is 81.3 Å². The Kier molecular flexibility index (Phi) is 6.59. The van der Waals surface area contributed by atoms with E-state index in [1.165, 1.54) is 5.57 Å². The molecule has 0 saturated heterocycles. The van der Waals surface area contributed by atoms with Crippen LogP contribution in [-0.4, -0.2) is 22.3 Å². The van der Waals surface area contributed by atoms with Gasteiger partial charge in [0.25, 0.3) is 0 Å². The quantitative estimate of drug-likeness (QED) is 0.256. The molecule has 0 aromatic heterocycles. The van der Waals surface area contributed by atoms with Gasteiger partial charge in [0.15, 0.2) is 0 Å². The molecule has 2 saturated carbocycles. The number of phenols is 2. The zero-order chi connectivity index (χ0) is 24.0. The van der Waals surface area contributed by atoms with Crippen molar-refractivity contribution in [3.05, 3.63) is 34.4 Å². The average Bonchev–Trinajstić information content (AvgIpc) is 3.15. The number of hydrogen-bond donors (Lipinski definition) is 2. The van der Waals surface area contributed by atoms with Crippen LogP contribution >= 0.6 is 0 Å². The summed E-state index contributed by atoms with van der Waals surface area (Å²) in [5.74, 6) is 0.101. The molecule has 33 heavy (non-hydrogen) atoms. The molecule has 0 radical (unpaired) electrons. The number of carbonyl (C=O) groups excluding carboxylic acids is 1. The first kappa shape index (κ1) is 24.2. The summed E-state index contributed by atoms with van der Waals surface area (Å²) in [6.45, 7) is 11.1. The molecule has 3 aliphatic rings. The molecule has 1 aromatic rings. The van der Waals surface area contributed by atoms with Gasteiger partial charge < -0.3 is 14.9 Å². The van der Waals surface area contributed by atoms with Gasteiger partial charge >= 0.3 is 5.97 Å². The molecule has 4 unspecified atom stereocenters. The molecule has 1 aromatic carbocycles. The second kappa shape index (κ2) is 9.00. The minimum absolute atomic E-state index is 0.00475. The average molecular weight is 455 g/mol. The van der Waals surface area contributed by atoms with E-state index in [4.69, 9.17) is 4.74 Å². The monoisotopic (exact) mass is 454 g/mol. The van der Waals surface area contributed by atoms with Crippen molar-refractivity contribution in [2.75, 3.05) is 0 Å². The fourth-order valence-electron chi connectivity index (χ4n) is 7.08. The Balaban J connectivity index is 1.67. The lowest BCUT2D eigenvalue weighted by Gasteiger charge is -2.38. The lowest BCUT2D eigenvalue weighted by molar-refractivity contribution is -0.0224. The van der Waals surface area contributed by atoms with Crippen molar-refractivity contribution in [1.29, 1.82) is 0 Å². The lowest BCUT2D eigenvalue weighted by atomic mass is 9.71. The number of fused-ring (bicyclic) bond motifs is 2. The number of phenolic OH excluding ortho intramolecular Hbond substituents is 2. The zero-order valence-electron chi connectivity index (χ0n) is 21.2. The van der Waals surface area contributed by atoms with Crippen molar-refractivity contribution in [3.63, 3.8) is 0 Å². The normalized spacial score (nSPS) is 30.3. The van der Waals surface area contributed by atoms with Gasteiger partial charge in [-0.1, -0.05) is 52.2 Å². The minimum atomic E-state index is -0.423. The van der Waals surface area contributed by atoms with Gasteiger partial charge in [0.05, 0.1) is 0 Å². The van der Waals surface area contributed by atoms with Gasteiger partial charge in [-0.25, -0.2) is 4.79 Å². The van der Waals surface area contributed by atoms with Crippen LogP contribution < -0.4 is 0 Å². The molecule has 4 nitrogen and oxygen atoms in total. The molecule has 3 aliphatic carbocycles. The first-order chi connectivity index (χ1) is 15.6. The van der Waals surface area contributed by atoms with Crippen LogP contribution in [0.25, 0.3) is 0 Å². The maximum Gasteiger partial charge on any atom is 0.342 e. The van der Waals surface area contributed by atoms with Crippen LogP contribution in [0.5, 0.6) is 11.5 Å². The number of ether oxygens (including phenoxy) is 1. The van der Waals surface area contributed by atoms with Gasteiger partial charge in [-0.2, -0.15) is 0 Å². The number of allylic oxidation sites excluding steroid dienone is 2. The van der Waals surface area contributed by atoms with Crippen LogP contribution in [0.15, 0.2) is 17.7 Å². The first-order valence-corrected chi connectivity index (χ1v) is 13.0. The van der Waals surface area contributed by atoms with Crippen molar-refractivity contribution >= 4 is 5.97 Å². The number of carbonyl (C=O) groups is 1. The maximum atomic E-state index is 13.6. The fourth-order valence-corrected chi connectivity index (χ4v) is 7.08. The van der Waals surface area contributed by atoms with Gasteiger partial charge in [0.2, 0.25) is 0 Å². The zero-order valence-corrected chi connectivity index (χ0v) is 21.2. The molecule has 4 heteroatoms. The SMILES string of the molecule is CCCCCc1cc(O)c(C2C=C(C)CCC2)c(O)c1C(=O)OC1CC2CC1(C)CC2(C)C. The number of rotatable bonds is 7. The number of aromatic hydroxyl groups is 2. The Hall–Kier alpha value is -1.97. The van der Waals surface area contributed by atoms with Crippen molar-refractivity contribution in [2.24, 2.45) is 16.7 Å². The lowest BCUT2D eigenvalue weighted by Crippen LogP contribution is -2.37. The van der Waals surface area contributed by atoms with Gasteiger partial charge in [0.1, 0.15) is 23.2 Å². The van der Waals surface area contributed by atoms with Crippen LogP contribution in [0.1, 0.15) is 120 Å². The van der Waals surface area contributed by atoms with E-state index in [9.17, 15) is 15.0 Å². The van der Waals surface area contributed by atoms with Crippen LogP contribution in [0.4, 0.5) is 0 Å². The summed E-state index contributed by atoms with van der Waals surface area (Å²) in [7, 11) is 0. The Morgan fingerprint density at radius 1 is 1.21 bits per heavy atom. The summed E-state index contributed by atoms with van der Waals surface area (Å²) in [6.07, 6.45) is 11.7. The molecule has 0 aliphatic heterocycles. The van der Waals surface area contributed by atoms with Gasteiger partial charge in [0, 0.05) is 16.9 Å². The predicted molar refractivity (Wildman–Crippen MR) is 132 cm³/mol. The van der Waals surface area contributed by atoms with E-state index in [1.807, 2.05) is 0 Å². The number of esters is 1. The van der Waals surface area contributed by atoms with E-state index < -0.39 is 5.97 Å². The highest BCUT2D eigenvalue weighted by Gasteiger charge is 2.58. The van der Waals surface area contributed by atoms with Crippen LogP contribution in [-0.2, 0) is 11.2 Å². The number of benzene rings is 1. The molecular formula is C29H42O4. The van der Waals surface area contributed by atoms with Crippen LogP contribution in [0.2, 0.25) is 0 Å². The standard InChI is InChI=1S/C29H42O4/c1-6-7-8-11-20-14-22(30)24(19-12-9-10-18(2)13-19)26(31)25(20)27(32)33-23-15-21-16-29(23,5)17-28(21,3)4/h13-14,19,21,23,30-31H,6-12,15-17H2,1-5H3. The van der Waals surface area contributed by atoms with E-state index in [1.54, 1.807) is 6.07 Å². The third-order valence-electron chi connectivity index (χ3n) is 8.80. The fraction of sp³-hybridized carbons (Fsp3) is 0.690. The topological polar surface area (TPSA) is 66.8 Å². The van der Waals surface area contributed by atoms with E-state index in [0.29, 0.717) is 28.9 Å². The summed E-state index contributed by atoms with van der Waals surface area (Å²) in [5, 5.41) is 22.3. The Morgan fingerprint density at radius 3 is 2.58 bits per heavy atom. The number of aryl methyl sites for hydroxylation is 1. The van der Waals surface area contributed by atoms with Crippen molar-refractivity contribution in [2.45, 2.75) is 111 Å². The molecule has 0 spiro atoms. The van der Waals surface area contributed by atoms with Gasteiger partial charge in [-0.15, -0.1) is 0 Å². The Morgan fingerprint density at radius 2 is 1.97 bits per heavy atom. The molecule has 2 bridgehead atoms. The van der Waals surface area contributed by atoms with E-state index in [-0.39, 0.29) is 34.5 Å². The van der Waals surface area contributed by atoms with Crippen LogP contribution in [0, 0.1) is 16.7 Å². The van der Waals surface area contributed by atoms with Crippen molar-refractivity contribution < 1.29 is 19.7 Å². The summed E-state index contributed by atoms with van der Waals surface area (Å²) in [4.78, 5) is 13.6. The molecule has 2 fully saturated rings. The summed E-state index contributed by atoms with van der Waals surface area (Å²) < 4.78 is 6.16. The summed E-state index contributed by atoms with van der Waals surface area (Å²) in [5.41, 5.74) is 3.03. The molecule has 182 valence electrons. The second-order valence-corrected chi connectivity index (χ2v) is 12.0. The predicted octanol–water partition coefficient (Wildman–Crippen LogP) is 7.42. The van der Waals surface area contributed by atoms with Crippen molar-refractivity contribution in [3.8, 4) is 11.5 Å². The Bertz CT molecular complexity index is 943. The third-order valence-corrected chi connectivity index (χ3v) is 8.80. The van der Waals surface area contributed by atoms with Gasteiger partial charge in [-0.3, -0.25) is 0 Å². The van der Waals surface area contributed by atoms with E-state index in [0.717, 1.165) is 57.8 Å². The molecule has 2 N–H and O–H groups in total. The largest absolute Gasteiger partial charge is 0.507 e. The maximum absolute atomic E-state index is 13.6. The highest BCUT2D eigenvalue weighted by molar-refractivity contribution is 5.95. The Labute approximate surface area is 199 Å². The third kappa shape index (κ3) is 4.55. The molecule has 4 atom stereocenters. The molecule has 4 rings (SSSR count). The number of hydrogen-bond acceptors (Lipinski definition) is 4. The molecule has 0 amide bonds. The smallest absolute Gasteiger partial charge is 0.342 e. The van der Waals surface area contributed by atoms with E-state index >= 15 is 0 Å². The highest BCUT2D eigenvalue weighted by atomic mass is 16.5. The van der Waals surface area contributed by atoms with Crippen molar-refractivity contribution in [1.82, 2.24) is 0 Å². The highest BCUT2D eigenvalue weighted by Crippen LogP contribution is 2.63. The summed E-state index contributed by atoms with van der Waals surface area (Å²) in [6, 6.07) is 1.71. The minimum Gasteiger partial charge on any atom is -0.507 e. The first-order valence-electron chi connectivity index (χ1n) is 13.0. The second-order valence-electron chi connectivity index (χ2n) is 12.0. The molecule has 0 heterocycles. The number of unbranched alkanes of at least 4 members (excludes halogenated alkanes) is 2. The van der Waals surface area contributed by atoms with Crippen LogP contribution in [0.3, 0.4) is 0 Å².